The fourth-order valence-electron chi connectivity index (χ4n) is 3.48. The standard InChI is InChI=1S/C22H18N4O5S/c1-14-13-16(25-15(2)23-19-8-4-3-7-17(19)22(25)27)11-12-18(14)24-32(30,31)21-10-6-5-9-20(21)26(28)29/h3-13,24H,1-2H3. The molecule has 0 fully saturated rings. The highest BCUT2D eigenvalue weighted by molar-refractivity contribution is 7.92. The van der Waals surface area contributed by atoms with Crippen molar-refractivity contribution in [2.45, 2.75) is 18.7 Å². The summed E-state index contributed by atoms with van der Waals surface area (Å²) in [5.74, 6) is 0.487. The van der Waals surface area contributed by atoms with Crippen LogP contribution in [0.5, 0.6) is 0 Å². The van der Waals surface area contributed by atoms with Gasteiger partial charge in [-0.3, -0.25) is 24.2 Å². The van der Waals surface area contributed by atoms with Gasteiger partial charge in [0.2, 0.25) is 0 Å². The van der Waals surface area contributed by atoms with E-state index in [1.165, 1.54) is 28.8 Å². The number of rotatable bonds is 5. The summed E-state index contributed by atoms with van der Waals surface area (Å²) in [4.78, 5) is 27.5. The van der Waals surface area contributed by atoms with Crippen molar-refractivity contribution >= 4 is 32.3 Å². The fourth-order valence-corrected chi connectivity index (χ4v) is 4.79. The van der Waals surface area contributed by atoms with Crippen molar-refractivity contribution in [2.75, 3.05) is 4.72 Å². The Kier molecular flexibility index (Phi) is 5.23. The third-order valence-corrected chi connectivity index (χ3v) is 6.42. The maximum atomic E-state index is 13.0. The lowest BCUT2D eigenvalue weighted by molar-refractivity contribution is -0.387. The van der Waals surface area contributed by atoms with Crippen molar-refractivity contribution in [1.29, 1.82) is 0 Å². The average molecular weight is 450 g/mol. The summed E-state index contributed by atoms with van der Waals surface area (Å²) in [6, 6.07) is 16.9. The number of nitro benzene ring substituents is 1. The van der Waals surface area contributed by atoms with Crippen LogP contribution in [0.15, 0.2) is 76.4 Å². The number of fused-ring (bicyclic) bond motifs is 1. The van der Waals surface area contributed by atoms with Crippen LogP contribution in [0, 0.1) is 24.0 Å². The van der Waals surface area contributed by atoms with Crippen molar-refractivity contribution in [3.63, 3.8) is 0 Å². The Morgan fingerprint density at radius 2 is 1.69 bits per heavy atom. The van der Waals surface area contributed by atoms with E-state index in [4.69, 9.17) is 0 Å². The van der Waals surface area contributed by atoms with E-state index in [2.05, 4.69) is 9.71 Å². The molecule has 0 aliphatic carbocycles. The molecule has 0 saturated carbocycles. The Balaban J connectivity index is 1.75. The molecule has 1 heterocycles. The molecular weight excluding hydrogens is 432 g/mol. The van der Waals surface area contributed by atoms with E-state index in [-0.39, 0.29) is 11.2 Å². The number of nitro groups is 1. The minimum absolute atomic E-state index is 0.235. The molecule has 0 aliphatic rings. The molecule has 9 nitrogen and oxygen atoms in total. The zero-order chi connectivity index (χ0) is 23.0. The van der Waals surface area contributed by atoms with Gasteiger partial charge in [0.05, 0.1) is 27.2 Å². The third-order valence-electron chi connectivity index (χ3n) is 5.01. The molecule has 32 heavy (non-hydrogen) atoms. The first-order valence-electron chi connectivity index (χ1n) is 9.55. The highest BCUT2D eigenvalue weighted by atomic mass is 32.2. The van der Waals surface area contributed by atoms with Crippen LogP contribution in [0.1, 0.15) is 11.4 Å². The third kappa shape index (κ3) is 3.71. The first-order chi connectivity index (χ1) is 15.2. The quantitative estimate of drug-likeness (QED) is 0.365. The smallest absolute Gasteiger partial charge is 0.279 e. The van der Waals surface area contributed by atoms with Crippen molar-refractivity contribution in [3.05, 3.63) is 98.6 Å². The molecule has 10 heteroatoms. The molecule has 0 aliphatic heterocycles. The number of para-hydroxylation sites is 2. The number of aryl methyl sites for hydroxylation is 2. The number of hydrogen-bond donors (Lipinski definition) is 1. The number of nitrogens with zero attached hydrogens (tertiary/aromatic N) is 3. The van der Waals surface area contributed by atoms with E-state index < -0.39 is 25.5 Å². The first kappa shape index (κ1) is 21.2. The molecule has 0 unspecified atom stereocenters. The van der Waals surface area contributed by atoms with Gasteiger partial charge in [-0.15, -0.1) is 0 Å². The van der Waals surface area contributed by atoms with Crippen LogP contribution in [0.2, 0.25) is 0 Å². The number of aromatic nitrogens is 2. The van der Waals surface area contributed by atoms with Crippen molar-refractivity contribution in [1.82, 2.24) is 9.55 Å². The molecule has 0 bridgehead atoms. The van der Waals surface area contributed by atoms with Gasteiger partial charge in [-0.2, -0.15) is 0 Å². The predicted molar refractivity (Wildman–Crippen MR) is 121 cm³/mol. The van der Waals surface area contributed by atoms with Crippen LogP contribution >= 0.6 is 0 Å². The fraction of sp³-hybridized carbons (Fsp3) is 0.0909. The Labute approximate surface area is 183 Å². The lowest BCUT2D eigenvalue weighted by Gasteiger charge is -2.15. The van der Waals surface area contributed by atoms with E-state index in [1.807, 2.05) is 0 Å². The van der Waals surface area contributed by atoms with Crippen LogP contribution in [-0.4, -0.2) is 22.9 Å². The zero-order valence-corrected chi connectivity index (χ0v) is 18.0. The Morgan fingerprint density at radius 1 is 1.00 bits per heavy atom. The Morgan fingerprint density at radius 3 is 2.41 bits per heavy atom. The summed E-state index contributed by atoms with van der Waals surface area (Å²) < 4.78 is 29.5. The second kappa shape index (κ2) is 7.89. The monoisotopic (exact) mass is 450 g/mol. The minimum atomic E-state index is -4.21. The molecule has 0 atom stereocenters. The van der Waals surface area contributed by atoms with Gasteiger partial charge in [0.1, 0.15) is 5.82 Å². The van der Waals surface area contributed by atoms with Gasteiger partial charge in [-0.05, 0) is 55.8 Å². The lowest BCUT2D eigenvalue weighted by Crippen LogP contribution is -2.22. The van der Waals surface area contributed by atoms with Crippen molar-refractivity contribution in [2.24, 2.45) is 0 Å². The predicted octanol–water partition coefficient (Wildman–Crippen LogP) is 3.71. The molecule has 3 aromatic carbocycles. The van der Waals surface area contributed by atoms with Gasteiger partial charge in [0.25, 0.3) is 21.3 Å². The summed E-state index contributed by atoms with van der Waals surface area (Å²) >= 11 is 0. The van der Waals surface area contributed by atoms with Crippen LogP contribution in [0.25, 0.3) is 16.6 Å². The number of sulfonamides is 1. The summed E-state index contributed by atoms with van der Waals surface area (Å²) in [5.41, 5.74) is 1.14. The average Bonchev–Trinajstić information content (AvgIpc) is 2.75. The van der Waals surface area contributed by atoms with Crippen LogP contribution < -0.4 is 10.3 Å². The lowest BCUT2D eigenvalue weighted by atomic mass is 10.1. The molecule has 0 radical (unpaired) electrons. The molecular formula is C22H18N4O5S. The first-order valence-corrected chi connectivity index (χ1v) is 11.0. The van der Waals surface area contributed by atoms with Crippen molar-refractivity contribution < 1.29 is 13.3 Å². The molecule has 0 spiro atoms. The molecule has 1 N–H and O–H groups in total. The number of anilines is 1. The summed E-state index contributed by atoms with van der Waals surface area (Å²) in [7, 11) is -4.21. The SMILES string of the molecule is Cc1cc(-n2c(C)nc3ccccc3c2=O)ccc1NS(=O)(=O)c1ccccc1[N+](=O)[O-]. The molecule has 4 rings (SSSR count). The van der Waals surface area contributed by atoms with Gasteiger partial charge in [0.15, 0.2) is 4.90 Å². The Hall–Kier alpha value is -4.05. The molecule has 4 aromatic rings. The molecule has 0 amide bonds. The van der Waals surface area contributed by atoms with Crippen molar-refractivity contribution in [3.8, 4) is 5.69 Å². The van der Waals surface area contributed by atoms with E-state index in [0.717, 1.165) is 6.07 Å². The van der Waals surface area contributed by atoms with Gasteiger partial charge < -0.3 is 0 Å². The molecule has 0 saturated heterocycles. The second-order valence-corrected chi connectivity index (χ2v) is 8.80. The molecule has 1 aromatic heterocycles. The largest absolute Gasteiger partial charge is 0.289 e. The van der Waals surface area contributed by atoms with Gasteiger partial charge in [-0.25, -0.2) is 13.4 Å². The second-order valence-electron chi connectivity index (χ2n) is 7.15. The minimum Gasteiger partial charge on any atom is -0.279 e. The Bertz CT molecular complexity index is 1540. The number of nitrogens with one attached hydrogen (secondary N) is 1. The van der Waals surface area contributed by atoms with Gasteiger partial charge in [-0.1, -0.05) is 24.3 Å². The van der Waals surface area contributed by atoms with Crippen LogP contribution in [-0.2, 0) is 10.0 Å². The van der Waals surface area contributed by atoms with Gasteiger partial charge >= 0.3 is 0 Å². The summed E-state index contributed by atoms with van der Waals surface area (Å²) in [6.07, 6.45) is 0. The highest BCUT2D eigenvalue weighted by Gasteiger charge is 2.25. The number of hydrogen-bond acceptors (Lipinski definition) is 6. The summed E-state index contributed by atoms with van der Waals surface area (Å²) in [5, 5.41) is 11.7. The maximum absolute atomic E-state index is 13.0. The summed E-state index contributed by atoms with van der Waals surface area (Å²) in [6.45, 7) is 3.39. The van der Waals surface area contributed by atoms with E-state index in [0.29, 0.717) is 28.0 Å². The molecule has 162 valence electrons. The van der Waals surface area contributed by atoms with E-state index in [1.54, 1.807) is 50.2 Å². The van der Waals surface area contributed by atoms with E-state index >= 15 is 0 Å². The van der Waals surface area contributed by atoms with Crippen LogP contribution in [0.4, 0.5) is 11.4 Å². The highest BCUT2D eigenvalue weighted by Crippen LogP contribution is 2.27. The maximum Gasteiger partial charge on any atom is 0.289 e. The van der Waals surface area contributed by atoms with Gasteiger partial charge in [0, 0.05) is 6.07 Å². The van der Waals surface area contributed by atoms with Crippen LogP contribution in [0.3, 0.4) is 0 Å². The normalized spacial score (nSPS) is 11.4. The van der Waals surface area contributed by atoms with E-state index in [9.17, 15) is 23.3 Å². The zero-order valence-electron chi connectivity index (χ0n) is 17.1. The number of benzene rings is 3. The topological polar surface area (TPSA) is 124 Å².